The van der Waals surface area contributed by atoms with Crippen molar-refractivity contribution in [3.05, 3.63) is 35.4 Å². The van der Waals surface area contributed by atoms with Crippen LogP contribution in [0, 0.1) is 16.7 Å². The quantitative estimate of drug-likeness (QED) is 0.867. The molecule has 0 aliphatic heterocycles. The number of hydrogen-bond donors (Lipinski definition) is 1. The first-order valence-corrected chi connectivity index (χ1v) is 8.30. The second-order valence-corrected chi connectivity index (χ2v) is 8.01. The molecule has 1 aromatic carbocycles. The molecule has 0 heterocycles. The van der Waals surface area contributed by atoms with Crippen LogP contribution in [0.3, 0.4) is 0 Å². The number of esters is 1. The van der Waals surface area contributed by atoms with Gasteiger partial charge in [0.15, 0.2) is 0 Å². The van der Waals surface area contributed by atoms with Gasteiger partial charge in [-0.25, -0.2) is 0 Å². The molecule has 23 heavy (non-hydrogen) atoms. The van der Waals surface area contributed by atoms with Crippen LogP contribution in [-0.4, -0.2) is 18.9 Å². The molecule has 124 valence electrons. The summed E-state index contributed by atoms with van der Waals surface area (Å²) in [7, 11) is 1.60. The highest BCUT2D eigenvalue weighted by Crippen LogP contribution is 2.66. The monoisotopic (exact) mass is 315 g/mol. The molecule has 1 aromatic rings. The van der Waals surface area contributed by atoms with E-state index in [4.69, 9.17) is 4.74 Å². The Morgan fingerprint density at radius 3 is 2.30 bits per heavy atom. The van der Waals surface area contributed by atoms with E-state index in [0.29, 0.717) is 16.4 Å². The summed E-state index contributed by atoms with van der Waals surface area (Å²) in [6.07, 6.45) is 4.46. The third kappa shape index (κ3) is 3.26. The molecule has 1 spiro atoms. The predicted molar refractivity (Wildman–Crippen MR) is 87.8 cm³/mol. The normalized spacial score (nSPS) is 21.2. The molecule has 4 heteroatoms. The van der Waals surface area contributed by atoms with Gasteiger partial charge in [-0.2, -0.15) is 0 Å². The minimum Gasteiger partial charge on any atom is -0.461 e. The molecular weight excluding hydrogens is 290 g/mol. The molecule has 0 aromatic heterocycles. The maximum absolute atomic E-state index is 12.1. The van der Waals surface area contributed by atoms with Gasteiger partial charge in [0.2, 0.25) is 0 Å². The van der Waals surface area contributed by atoms with Crippen molar-refractivity contribution in [1.29, 1.82) is 0 Å². The summed E-state index contributed by atoms with van der Waals surface area (Å²) in [6.45, 7) is 4.88. The Balaban J connectivity index is 1.44. The molecular formula is C19H25NO3. The second-order valence-electron chi connectivity index (χ2n) is 8.01. The standard InChI is InChI=1S/C19H25NO3/c1-18(2)11-19(12-18)8-15(9-19)17(22)23-10-13-4-6-14(7-5-13)16(21)20-3/h4-7,15H,8-12H2,1-3H3,(H,20,21). The molecule has 4 nitrogen and oxygen atoms in total. The molecule has 2 fully saturated rings. The zero-order valence-corrected chi connectivity index (χ0v) is 14.1. The average molecular weight is 315 g/mol. The van der Waals surface area contributed by atoms with Gasteiger partial charge in [-0.05, 0) is 54.2 Å². The number of nitrogens with one attached hydrogen (secondary N) is 1. The van der Waals surface area contributed by atoms with Crippen molar-refractivity contribution in [1.82, 2.24) is 5.32 Å². The predicted octanol–water partition coefficient (Wildman–Crippen LogP) is 3.31. The summed E-state index contributed by atoms with van der Waals surface area (Å²) >= 11 is 0. The van der Waals surface area contributed by atoms with Gasteiger partial charge in [-0.3, -0.25) is 9.59 Å². The molecule has 3 rings (SSSR count). The van der Waals surface area contributed by atoms with E-state index in [9.17, 15) is 9.59 Å². The Morgan fingerprint density at radius 1 is 1.17 bits per heavy atom. The Morgan fingerprint density at radius 2 is 1.78 bits per heavy atom. The van der Waals surface area contributed by atoms with Crippen molar-refractivity contribution < 1.29 is 14.3 Å². The zero-order chi connectivity index (χ0) is 16.7. The van der Waals surface area contributed by atoms with Crippen molar-refractivity contribution in [3.8, 4) is 0 Å². The van der Waals surface area contributed by atoms with Crippen LogP contribution in [-0.2, 0) is 16.1 Å². The van der Waals surface area contributed by atoms with Crippen molar-refractivity contribution in [2.75, 3.05) is 7.05 Å². The van der Waals surface area contributed by atoms with E-state index in [-0.39, 0.29) is 24.4 Å². The summed E-state index contributed by atoms with van der Waals surface area (Å²) in [5, 5.41) is 2.58. The van der Waals surface area contributed by atoms with Gasteiger partial charge < -0.3 is 10.1 Å². The van der Waals surface area contributed by atoms with Gasteiger partial charge in [0.25, 0.3) is 5.91 Å². The Kier molecular flexibility index (Phi) is 3.95. The zero-order valence-electron chi connectivity index (χ0n) is 14.1. The van der Waals surface area contributed by atoms with E-state index < -0.39 is 0 Å². The van der Waals surface area contributed by atoms with E-state index in [0.717, 1.165) is 18.4 Å². The first kappa shape index (κ1) is 16.0. The Hall–Kier alpha value is -1.84. The van der Waals surface area contributed by atoms with E-state index >= 15 is 0 Å². The van der Waals surface area contributed by atoms with E-state index in [1.54, 1.807) is 19.2 Å². The number of amides is 1. The molecule has 1 N–H and O–H groups in total. The molecule has 2 aliphatic carbocycles. The molecule has 2 saturated carbocycles. The lowest BCUT2D eigenvalue weighted by Crippen LogP contribution is -2.53. The highest BCUT2D eigenvalue weighted by Gasteiger charge is 2.57. The highest BCUT2D eigenvalue weighted by atomic mass is 16.5. The lowest BCUT2D eigenvalue weighted by atomic mass is 9.44. The van der Waals surface area contributed by atoms with Crippen LogP contribution in [0.15, 0.2) is 24.3 Å². The van der Waals surface area contributed by atoms with Gasteiger partial charge in [0, 0.05) is 12.6 Å². The van der Waals surface area contributed by atoms with Crippen LogP contribution in [0.5, 0.6) is 0 Å². The van der Waals surface area contributed by atoms with Crippen LogP contribution in [0.4, 0.5) is 0 Å². The molecule has 0 atom stereocenters. The van der Waals surface area contributed by atoms with Gasteiger partial charge in [0.1, 0.15) is 6.61 Å². The van der Waals surface area contributed by atoms with E-state index in [1.807, 2.05) is 12.1 Å². The van der Waals surface area contributed by atoms with E-state index in [1.165, 1.54) is 12.8 Å². The lowest BCUT2D eigenvalue weighted by molar-refractivity contribution is -0.171. The van der Waals surface area contributed by atoms with Crippen LogP contribution >= 0.6 is 0 Å². The molecule has 0 bridgehead atoms. The first-order valence-electron chi connectivity index (χ1n) is 8.30. The van der Waals surface area contributed by atoms with Crippen molar-refractivity contribution in [2.45, 2.75) is 46.1 Å². The maximum atomic E-state index is 12.1. The fourth-order valence-corrected chi connectivity index (χ4v) is 4.59. The topological polar surface area (TPSA) is 55.4 Å². The van der Waals surface area contributed by atoms with Gasteiger partial charge >= 0.3 is 5.97 Å². The van der Waals surface area contributed by atoms with Crippen LogP contribution < -0.4 is 5.32 Å². The number of benzene rings is 1. The van der Waals surface area contributed by atoms with Crippen LogP contribution in [0.2, 0.25) is 0 Å². The average Bonchev–Trinajstić information content (AvgIpc) is 2.47. The summed E-state index contributed by atoms with van der Waals surface area (Å²) in [5.74, 6) is -0.108. The first-order chi connectivity index (χ1) is 10.8. The number of ether oxygens (including phenoxy) is 1. The van der Waals surface area contributed by atoms with Gasteiger partial charge in [-0.1, -0.05) is 26.0 Å². The maximum Gasteiger partial charge on any atom is 0.309 e. The smallest absolute Gasteiger partial charge is 0.309 e. The molecule has 0 saturated heterocycles. The van der Waals surface area contributed by atoms with Crippen LogP contribution in [0.1, 0.15) is 55.5 Å². The third-order valence-corrected chi connectivity index (χ3v) is 5.22. The third-order valence-electron chi connectivity index (χ3n) is 5.22. The largest absolute Gasteiger partial charge is 0.461 e. The summed E-state index contributed by atoms with van der Waals surface area (Å²) in [6, 6.07) is 7.15. The molecule has 0 radical (unpaired) electrons. The van der Waals surface area contributed by atoms with Crippen molar-refractivity contribution in [2.24, 2.45) is 16.7 Å². The minimum atomic E-state index is -0.114. The molecule has 0 unspecified atom stereocenters. The highest BCUT2D eigenvalue weighted by molar-refractivity contribution is 5.93. The summed E-state index contributed by atoms with van der Waals surface area (Å²) < 4.78 is 5.43. The van der Waals surface area contributed by atoms with Gasteiger partial charge in [-0.15, -0.1) is 0 Å². The van der Waals surface area contributed by atoms with E-state index in [2.05, 4.69) is 19.2 Å². The minimum absolute atomic E-state index is 0.0734. The fourth-order valence-electron chi connectivity index (χ4n) is 4.59. The van der Waals surface area contributed by atoms with Gasteiger partial charge in [0.05, 0.1) is 5.92 Å². The molecule has 2 aliphatic rings. The number of hydrogen-bond acceptors (Lipinski definition) is 3. The SMILES string of the molecule is CNC(=O)c1ccc(COC(=O)C2CC3(C2)CC(C)(C)C3)cc1. The number of rotatable bonds is 4. The number of carbonyl (C=O) groups is 2. The fraction of sp³-hybridized carbons (Fsp3) is 0.579. The van der Waals surface area contributed by atoms with Crippen molar-refractivity contribution >= 4 is 11.9 Å². The molecule has 1 amide bonds. The number of carbonyl (C=O) groups excluding carboxylic acids is 2. The second kappa shape index (κ2) is 5.66. The summed E-state index contributed by atoms with van der Waals surface area (Å²) in [5.41, 5.74) is 2.41. The lowest BCUT2D eigenvalue weighted by Gasteiger charge is -2.61. The summed E-state index contributed by atoms with van der Waals surface area (Å²) in [4.78, 5) is 23.6. The van der Waals surface area contributed by atoms with Crippen molar-refractivity contribution in [3.63, 3.8) is 0 Å². The van der Waals surface area contributed by atoms with Crippen LogP contribution in [0.25, 0.3) is 0 Å². The Bertz CT molecular complexity index is 602. The Labute approximate surface area is 137 Å².